The Balaban J connectivity index is 0.00000338. The summed E-state index contributed by atoms with van der Waals surface area (Å²) in [6.07, 6.45) is 5.02. The van der Waals surface area contributed by atoms with Crippen LogP contribution < -0.4 is 5.32 Å². The SMILES string of the molecule is Br.CC(NC[C@H](O)CP(=O)(O)CC1CCCCC1)c1cccc(C#N)c1. The number of aliphatic hydroxyl groups is 1. The van der Waals surface area contributed by atoms with E-state index < -0.39 is 13.5 Å². The van der Waals surface area contributed by atoms with Crippen LogP contribution in [0.4, 0.5) is 0 Å². The van der Waals surface area contributed by atoms with Crippen molar-refractivity contribution < 1.29 is 14.6 Å². The monoisotopic (exact) mass is 444 g/mol. The number of nitrogens with zero attached hydrogens (tertiary/aromatic N) is 1. The van der Waals surface area contributed by atoms with Gasteiger partial charge in [-0.2, -0.15) is 5.26 Å². The van der Waals surface area contributed by atoms with E-state index in [1.165, 1.54) is 6.42 Å². The zero-order valence-electron chi connectivity index (χ0n) is 15.3. The summed E-state index contributed by atoms with van der Waals surface area (Å²) >= 11 is 0. The molecular weight excluding hydrogens is 415 g/mol. The Bertz CT molecular complexity index is 644. The molecule has 1 aromatic carbocycles. The first-order chi connectivity index (χ1) is 11.9. The molecule has 7 heteroatoms. The average Bonchev–Trinajstić information content (AvgIpc) is 2.59. The first kappa shape index (κ1) is 23.3. The van der Waals surface area contributed by atoms with Gasteiger partial charge in [0.25, 0.3) is 0 Å². The third kappa shape index (κ3) is 7.90. The second-order valence-electron chi connectivity index (χ2n) is 7.24. The van der Waals surface area contributed by atoms with Crippen LogP contribution in [-0.4, -0.2) is 35.0 Å². The molecule has 146 valence electrons. The van der Waals surface area contributed by atoms with E-state index in [0.717, 1.165) is 31.2 Å². The van der Waals surface area contributed by atoms with Crippen molar-refractivity contribution in [3.05, 3.63) is 35.4 Å². The molecule has 0 bridgehead atoms. The second kappa shape index (κ2) is 11.2. The van der Waals surface area contributed by atoms with Crippen molar-refractivity contribution in [3.8, 4) is 6.07 Å². The van der Waals surface area contributed by atoms with Gasteiger partial charge in [0.2, 0.25) is 7.37 Å². The Morgan fingerprint density at radius 1 is 1.35 bits per heavy atom. The number of aliphatic hydroxyl groups excluding tert-OH is 1. The summed E-state index contributed by atoms with van der Waals surface area (Å²) in [6, 6.07) is 9.37. The summed E-state index contributed by atoms with van der Waals surface area (Å²) in [5.41, 5.74) is 1.56. The molecule has 5 nitrogen and oxygen atoms in total. The van der Waals surface area contributed by atoms with Crippen LogP contribution in [-0.2, 0) is 4.57 Å². The average molecular weight is 445 g/mol. The number of nitrogens with one attached hydrogen (secondary N) is 1. The van der Waals surface area contributed by atoms with Gasteiger partial charge >= 0.3 is 0 Å². The fourth-order valence-electron chi connectivity index (χ4n) is 3.55. The minimum atomic E-state index is -3.29. The van der Waals surface area contributed by atoms with Gasteiger partial charge in [-0.3, -0.25) is 4.57 Å². The normalized spacial score (nSPS) is 19.6. The predicted molar refractivity (Wildman–Crippen MR) is 110 cm³/mol. The van der Waals surface area contributed by atoms with Crippen LogP contribution in [0.15, 0.2) is 24.3 Å². The molecule has 0 aromatic heterocycles. The Labute approximate surface area is 167 Å². The van der Waals surface area contributed by atoms with E-state index in [9.17, 15) is 14.6 Å². The molecule has 1 aliphatic rings. The van der Waals surface area contributed by atoms with Crippen LogP contribution in [0.5, 0.6) is 0 Å². The summed E-state index contributed by atoms with van der Waals surface area (Å²) in [7, 11) is -3.29. The molecule has 0 spiro atoms. The number of rotatable bonds is 8. The maximum absolute atomic E-state index is 12.4. The van der Waals surface area contributed by atoms with E-state index in [1.54, 1.807) is 6.07 Å². The smallest absolute Gasteiger partial charge is 0.203 e. The van der Waals surface area contributed by atoms with E-state index in [1.807, 2.05) is 25.1 Å². The van der Waals surface area contributed by atoms with Crippen molar-refractivity contribution >= 4 is 24.4 Å². The Kier molecular flexibility index (Phi) is 10.1. The van der Waals surface area contributed by atoms with Crippen LogP contribution in [0, 0.1) is 17.2 Å². The van der Waals surface area contributed by atoms with Crippen LogP contribution in [0.1, 0.15) is 56.2 Å². The number of nitriles is 1. The highest BCUT2D eigenvalue weighted by Crippen LogP contribution is 2.45. The maximum Gasteiger partial charge on any atom is 0.203 e. The molecule has 1 saturated carbocycles. The first-order valence-corrected chi connectivity index (χ1v) is 11.1. The van der Waals surface area contributed by atoms with Gasteiger partial charge in [0.15, 0.2) is 0 Å². The van der Waals surface area contributed by atoms with Gasteiger partial charge in [-0.15, -0.1) is 17.0 Å². The van der Waals surface area contributed by atoms with Gasteiger partial charge in [-0.1, -0.05) is 31.4 Å². The zero-order valence-corrected chi connectivity index (χ0v) is 17.9. The molecule has 1 fully saturated rings. The Hall–Kier alpha value is -0.700. The van der Waals surface area contributed by atoms with E-state index >= 15 is 0 Å². The predicted octanol–water partition coefficient (Wildman–Crippen LogP) is 4.00. The van der Waals surface area contributed by atoms with Crippen molar-refractivity contribution in [1.29, 1.82) is 5.26 Å². The van der Waals surface area contributed by atoms with Gasteiger partial charge in [-0.25, -0.2) is 0 Å². The molecule has 0 amide bonds. The van der Waals surface area contributed by atoms with Gasteiger partial charge < -0.3 is 15.3 Å². The molecule has 0 radical (unpaired) electrons. The third-order valence-corrected chi connectivity index (χ3v) is 7.02. The lowest BCUT2D eigenvalue weighted by atomic mass is 9.91. The molecule has 3 atom stereocenters. The minimum absolute atomic E-state index is 0. The lowest BCUT2D eigenvalue weighted by molar-refractivity contribution is 0.186. The van der Waals surface area contributed by atoms with Crippen molar-refractivity contribution in [2.24, 2.45) is 5.92 Å². The van der Waals surface area contributed by atoms with Gasteiger partial charge in [0.1, 0.15) is 0 Å². The van der Waals surface area contributed by atoms with E-state index in [4.69, 9.17) is 5.26 Å². The van der Waals surface area contributed by atoms with Crippen molar-refractivity contribution in [2.45, 2.75) is 51.2 Å². The van der Waals surface area contributed by atoms with Crippen LogP contribution >= 0.6 is 24.4 Å². The molecule has 0 aliphatic heterocycles. The maximum atomic E-state index is 12.4. The summed E-state index contributed by atoms with van der Waals surface area (Å²) in [4.78, 5) is 10.2. The van der Waals surface area contributed by atoms with Crippen LogP contribution in [0.2, 0.25) is 0 Å². The molecule has 2 unspecified atom stereocenters. The molecule has 0 saturated heterocycles. The zero-order chi connectivity index (χ0) is 18.3. The second-order valence-corrected chi connectivity index (χ2v) is 9.66. The van der Waals surface area contributed by atoms with Crippen LogP contribution in [0.3, 0.4) is 0 Å². The molecule has 3 N–H and O–H groups in total. The van der Waals surface area contributed by atoms with E-state index in [2.05, 4.69) is 11.4 Å². The topological polar surface area (TPSA) is 93.3 Å². The summed E-state index contributed by atoms with van der Waals surface area (Å²) in [6.45, 7) is 2.21. The van der Waals surface area contributed by atoms with Crippen molar-refractivity contribution in [2.75, 3.05) is 18.9 Å². The minimum Gasteiger partial charge on any atom is -0.391 e. The quantitative estimate of drug-likeness (QED) is 0.526. The fourth-order valence-corrected chi connectivity index (χ4v) is 5.66. The molecular formula is C19H30BrN2O3P. The van der Waals surface area contributed by atoms with Gasteiger partial charge in [0.05, 0.1) is 23.9 Å². The Morgan fingerprint density at radius 2 is 2.04 bits per heavy atom. The van der Waals surface area contributed by atoms with Crippen molar-refractivity contribution in [1.82, 2.24) is 5.32 Å². The molecule has 26 heavy (non-hydrogen) atoms. The molecule has 0 heterocycles. The fraction of sp³-hybridized carbons (Fsp3) is 0.632. The number of halogens is 1. The standard InChI is InChI=1S/C19H29N2O3P.BrH/c1-15(18-9-5-8-17(10-18)11-20)21-12-19(22)14-25(23,24)13-16-6-3-2-4-7-16;/h5,8-10,15-16,19,21-22H,2-4,6-7,12-14H2,1H3,(H,23,24);1H/t15?,19-;/m0./s1. The van der Waals surface area contributed by atoms with Crippen LogP contribution in [0.25, 0.3) is 0 Å². The molecule has 2 rings (SSSR count). The van der Waals surface area contributed by atoms with E-state index in [-0.39, 0.29) is 35.7 Å². The van der Waals surface area contributed by atoms with E-state index in [0.29, 0.717) is 17.6 Å². The molecule has 1 aromatic rings. The van der Waals surface area contributed by atoms with Crippen molar-refractivity contribution in [3.63, 3.8) is 0 Å². The highest BCUT2D eigenvalue weighted by molar-refractivity contribution is 8.93. The number of hydrogen-bond acceptors (Lipinski definition) is 4. The highest BCUT2D eigenvalue weighted by Gasteiger charge is 2.28. The largest absolute Gasteiger partial charge is 0.391 e. The Morgan fingerprint density at radius 3 is 2.69 bits per heavy atom. The number of hydrogen-bond donors (Lipinski definition) is 3. The summed E-state index contributed by atoms with van der Waals surface area (Å²) in [5.74, 6) is 0.331. The summed E-state index contributed by atoms with van der Waals surface area (Å²) < 4.78 is 12.4. The first-order valence-electron chi connectivity index (χ1n) is 9.12. The van der Waals surface area contributed by atoms with Gasteiger partial charge in [-0.05, 0) is 43.4 Å². The lowest BCUT2D eigenvalue weighted by Gasteiger charge is -2.25. The molecule has 1 aliphatic carbocycles. The summed E-state index contributed by atoms with van der Waals surface area (Å²) in [5, 5.41) is 22.3. The lowest BCUT2D eigenvalue weighted by Crippen LogP contribution is -2.32. The number of benzene rings is 1. The van der Waals surface area contributed by atoms with Gasteiger partial charge in [0, 0.05) is 18.7 Å². The highest BCUT2D eigenvalue weighted by atomic mass is 79.9. The third-order valence-electron chi connectivity index (χ3n) is 4.94.